The number of carbonyl (C=O) groups is 1. The van der Waals surface area contributed by atoms with E-state index in [0.29, 0.717) is 22.9 Å². The maximum absolute atomic E-state index is 10.8. The number of cyclic esters (lactones) is 1. The zero-order chi connectivity index (χ0) is 12.3. The van der Waals surface area contributed by atoms with Gasteiger partial charge in [0.2, 0.25) is 0 Å². The minimum atomic E-state index is -0.454. The molecule has 1 saturated heterocycles. The molecule has 1 fully saturated rings. The number of rotatable bonds is 3. The minimum Gasteiger partial charge on any atom is -0.488 e. The van der Waals surface area contributed by atoms with E-state index in [1.807, 2.05) is 6.07 Å². The number of ether oxygens (including phenoxy) is 2. The lowest BCUT2D eigenvalue weighted by atomic mass is 10.2. The number of hydrogen-bond acceptors (Lipinski definition) is 4. The van der Waals surface area contributed by atoms with Crippen LogP contribution < -0.4 is 10.1 Å². The van der Waals surface area contributed by atoms with Gasteiger partial charge in [-0.2, -0.15) is 5.26 Å². The quantitative estimate of drug-likeness (QED) is 0.889. The van der Waals surface area contributed by atoms with Crippen molar-refractivity contribution in [1.82, 2.24) is 5.32 Å². The maximum Gasteiger partial charge on any atom is 0.407 e. The molecule has 1 amide bonds. The third-order valence-electron chi connectivity index (χ3n) is 2.24. The average molecular weight is 253 g/mol. The molecule has 1 heterocycles. The van der Waals surface area contributed by atoms with Crippen molar-refractivity contribution in [3.05, 3.63) is 28.8 Å². The first-order valence-corrected chi connectivity index (χ1v) is 5.34. The van der Waals surface area contributed by atoms with Crippen molar-refractivity contribution in [2.75, 3.05) is 13.2 Å². The van der Waals surface area contributed by atoms with Crippen LogP contribution in [0, 0.1) is 11.3 Å². The Bertz CT molecular complexity index is 484. The first kappa shape index (κ1) is 11.6. The summed E-state index contributed by atoms with van der Waals surface area (Å²) in [7, 11) is 0. The zero-order valence-corrected chi connectivity index (χ0v) is 9.53. The molecule has 0 bridgehead atoms. The summed E-state index contributed by atoms with van der Waals surface area (Å²) in [6.45, 7) is 0.592. The molecule has 0 spiro atoms. The fraction of sp³-hybridized carbons (Fsp3) is 0.273. The molecule has 0 radical (unpaired) electrons. The summed E-state index contributed by atoms with van der Waals surface area (Å²) in [5.74, 6) is 0.392. The molecule has 2 rings (SSSR count). The number of nitriles is 1. The van der Waals surface area contributed by atoms with E-state index in [0.717, 1.165) is 0 Å². The molecule has 1 aromatic carbocycles. The Morgan fingerprint density at radius 2 is 2.47 bits per heavy atom. The molecule has 1 atom stereocenters. The lowest BCUT2D eigenvalue weighted by molar-refractivity contribution is 0.105. The van der Waals surface area contributed by atoms with Crippen molar-refractivity contribution in [3.8, 4) is 11.8 Å². The number of amides is 1. The van der Waals surface area contributed by atoms with E-state index in [1.54, 1.807) is 18.2 Å². The van der Waals surface area contributed by atoms with Gasteiger partial charge in [-0.1, -0.05) is 11.6 Å². The number of nitrogens with one attached hydrogen (secondary N) is 1. The Hall–Kier alpha value is -1.93. The van der Waals surface area contributed by atoms with Gasteiger partial charge in [-0.05, 0) is 12.1 Å². The molecule has 1 aromatic rings. The van der Waals surface area contributed by atoms with Gasteiger partial charge in [0.25, 0.3) is 0 Å². The molecular formula is C11H9ClN2O3. The van der Waals surface area contributed by atoms with Crippen LogP contribution in [0.4, 0.5) is 4.79 Å². The van der Waals surface area contributed by atoms with E-state index in [2.05, 4.69) is 5.32 Å². The van der Waals surface area contributed by atoms with Crippen molar-refractivity contribution in [3.63, 3.8) is 0 Å². The minimum absolute atomic E-state index is 0.188. The number of alkyl carbamates (subject to hydrolysis) is 1. The number of carbonyl (C=O) groups excluding carboxylic acids is 1. The molecule has 1 N–H and O–H groups in total. The summed E-state index contributed by atoms with van der Waals surface area (Å²) in [4.78, 5) is 10.8. The topological polar surface area (TPSA) is 71.3 Å². The first-order chi connectivity index (χ1) is 8.19. The lowest BCUT2D eigenvalue weighted by Gasteiger charge is -2.11. The molecule has 88 valence electrons. The molecule has 6 heteroatoms. The van der Waals surface area contributed by atoms with Crippen LogP contribution in [0.3, 0.4) is 0 Å². The van der Waals surface area contributed by atoms with Crippen LogP contribution in [-0.4, -0.2) is 25.3 Å². The third kappa shape index (κ3) is 2.80. The van der Waals surface area contributed by atoms with Gasteiger partial charge >= 0.3 is 6.09 Å². The summed E-state index contributed by atoms with van der Waals surface area (Å²) in [5.41, 5.74) is 0.395. The van der Waals surface area contributed by atoms with Crippen LogP contribution in [0.2, 0.25) is 5.02 Å². The average Bonchev–Trinajstić information content (AvgIpc) is 2.73. The van der Waals surface area contributed by atoms with Crippen LogP contribution in [0.5, 0.6) is 5.75 Å². The summed E-state index contributed by atoms with van der Waals surface area (Å²) < 4.78 is 10.3. The van der Waals surface area contributed by atoms with Gasteiger partial charge in [-0.25, -0.2) is 4.79 Å². The fourth-order valence-corrected chi connectivity index (χ4v) is 1.58. The molecular weight excluding hydrogens is 244 g/mol. The smallest absolute Gasteiger partial charge is 0.407 e. The monoisotopic (exact) mass is 252 g/mol. The van der Waals surface area contributed by atoms with Gasteiger partial charge in [0.05, 0.1) is 12.1 Å². The molecule has 0 aromatic heterocycles. The fourth-order valence-electron chi connectivity index (χ4n) is 1.42. The van der Waals surface area contributed by atoms with E-state index < -0.39 is 6.09 Å². The summed E-state index contributed by atoms with van der Waals surface area (Å²) in [6, 6.07) is 6.75. The second-order valence-electron chi connectivity index (χ2n) is 3.47. The van der Waals surface area contributed by atoms with Crippen molar-refractivity contribution >= 4 is 17.7 Å². The molecule has 17 heavy (non-hydrogen) atoms. The third-order valence-corrected chi connectivity index (χ3v) is 2.47. The summed E-state index contributed by atoms with van der Waals surface area (Å²) in [5, 5.41) is 11.9. The molecule has 1 aliphatic heterocycles. The number of hydrogen-bond donors (Lipinski definition) is 1. The van der Waals surface area contributed by atoms with E-state index in [-0.39, 0.29) is 12.7 Å². The number of halogens is 1. The van der Waals surface area contributed by atoms with E-state index in [4.69, 9.17) is 26.3 Å². The maximum atomic E-state index is 10.8. The normalized spacial score (nSPS) is 18.1. The largest absolute Gasteiger partial charge is 0.488 e. The van der Waals surface area contributed by atoms with E-state index >= 15 is 0 Å². The predicted octanol–water partition coefficient (Wildman–Crippen LogP) is 1.70. The van der Waals surface area contributed by atoms with E-state index in [1.165, 1.54) is 0 Å². The van der Waals surface area contributed by atoms with Crippen LogP contribution in [0.1, 0.15) is 5.56 Å². The number of nitrogens with zero attached hydrogens (tertiary/aromatic N) is 1. The molecule has 1 aliphatic rings. The molecule has 0 aliphatic carbocycles. The lowest BCUT2D eigenvalue weighted by Crippen LogP contribution is -2.22. The zero-order valence-electron chi connectivity index (χ0n) is 8.77. The van der Waals surface area contributed by atoms with Gasteiger partial charge < -0.3 is 14.8 Å². The molecule has 1 unspecified atom stereocenters. The Morgan fingerprint density at radius 3 is 3.12 bits per heavy atom. The van der Waals surface area contributed by atoms with Gasteiger partial charge in [-0.15, -0.1) is 0 Å². The van der Waals surface area contributed by atoms with Crippen LogP contribution in [0.15, 0.2) is 18.2 Å². The Labute approximate surface area is 103 Å². The van der Waals surface area contributed by atoms with Crippen molar-refractivity contribution < 1.29 is 14.3 Å². The Balaban J connectivity index is 2.01. The van der Waals surface area contributed by atoms with Crippen LogP contribution >= 0.6 is 11.6 Å². The van der Waals surface area contributed by atoms with Crippen molar-refractivity contribution in [1.29, 1.82) is 5.26 Å². The summed E-state index contributed by atoms with van der Waals surface area (Å²) >= 11 is 5.81. The Morgan fingerprint density at radius 1 is 1.65 bits per heavy atom. The van der Waals surface area contributed by atoms with Crippen LogP contribution in [0.25, 0.3) is 0 Å². The van der Waals surface area contributed by atoms with Crippen molar-refractivity contribution in [2.45, 2.75) is 6.10 Å². The standard InChI is InChI=1S/C11H9ClN2O3/c12-8-2-1-7(4-13)10(3-8)16-6-9-5-14-11(15)17-9/h1-3,9H,5-6H2,(H,14,15). The number of benzene rings is 1. The highest BCUT2D eigenvalue weighted by Crippen LogP contribution is 2.23. The first-order valence-electron chi connectivity index (χ1n) is 4.96. The second-order valence-corrected chi connectivity index (χ2v) is 3.91. The molecule has 0 saturated carbocycles. The van der Waals surface area contributed by atoms with Gasteiger partial charge in [-0.3, -0.25) is 0 Å². The highest BCUT2D eigenvalue weighted by Gasteiger charge is 2.23. The van der Waals surface area contributed by atoms with Crippen LogP contribution in [-0.2, 0) is 4.74 Å². The van der Waals surface area contributed by atoms with E-state index in [9.17, 15) is 4.79 Å². The Kier molecular flexibility index (Phi) is 3.35. The van der Waals surface area contributed by atoms with Crippen molar-refractivity contribution in [2.24, 2.45) is 0 Å². The second kappa shape index (κ2) is 4.93. The molecule has 5 nitrogen and oxygen atoms in total. The summed E-state index contributed by atoms with van der Waals surface area (Å²) in [6.07, 6.45) is -0.793. The highest BCUT2D eigenvalue weighted by molar-refractivity contribution is 6.30. The van der Waals surface area contributed by atoms with Gasteiger partial charge in [0.1, 0.15) is 18.4 Å². The predicted molar refractivity (Wildman–Crippen MR) is 59.9 cm³/mol. The van der Waals surface area contributed by atoms with Gasteiger partial charge in [0, 0.05) is 11.1 Å². The highest BCUT2D eigenvalue weighted by atomic mass is 35.5. The van der Waals surface area contributed by atoms with Gasteiger partial charge in [0.15, 0.2) is 6.10 Å². The SMILES string of the molecule is N#Cc1ccc(Cl)cc1OCC1CNC(=O)O1.